The van der Waals surface area contributed by atoms with Gasteiger partial charge in [-0.2, -0.15) is 0 Å². The maximum absolute atomic E-state index is 10.5. The number of hydrogen-bond acceptors (Lipinski definition) is 6. The Bertz CT molecular complexity index is 731. The number of carboxylic acid groups (broad SMARTS) is 1. The quantitative estimate of drug-likeness (QED) is 0.674. The summed E-state index contributed by atoms with van der Waals surface area (Å²) in [7, 11) is 0. The number of nitrogen functional groups attached to an aromatic ring is 1. The van der Waals surface area contributed by atoms with E-state index in [1.165, 1.54) is 0 Å². The van der Waals surface area contributed by atoms with Crippen LogP contribution >= 0.6 is 0 Å². The number of hydrogen-bond donors (Lipinski definition) is 4. The van der Waals surface area contributed by atoms with E-state index < -0.39 is 6.09 Å². The van der Waals surface area contributed by atoms with Crippen molar-refractivity contribution in [1.82, 2.24) is 15.5 Å². The second-order valence-electron chi connectivity index (χ2n) is 5.35. The molecule has 120 valence electrons. The average Bonchev–Trinajstić information content (AvgIpc) is 2.47. The van der Waals surface area contributed by atoms with Crippen LogP contribution in [0.2, 0.25) is 0 Å². The summed E-state index contributed by atoms with van der Waals surface area (Å²) < 4.78 is 5.75. The number of carbonyl (C=O) groups is 1. The highest BCUT2D eigenvalue weighted by Crippen LogP contribution is 2.33. The minimum Gasteiger partial charge on any atom is -0.507 e. The van der Waals surface area contributed by atoms with Gasteiger partial charge < -0.3 is 26.0 Å². The van der Waals surface area contributed by atoms with E-state index in [9.17, 15) is 9.90 Å². The van der Waals surface area contributed by atoms with Crippen molar-refractivity contribution in [2.75, 3.05) is 5.73 Å². The fourth-order valence-corrected chi connectivity index (χ4v) is 2.43. The average molecular weight is 316 g/mol. The number of nitrogens with zero attached hydrogens (tertiary/aromatic N) is 2. The molecule has 2 aromatic rings. The third-order valence-electron chi connectivity index (χ3n) is 3.68. The minimum absolute atomic E-state index is 0.0897. The molecule has 1 aliphatic carbocycles. The molecule has 8 heteroatoms. The van der Waals surface area contributed by atoms with E-state index in [4.69, 9.17) is 15.6 Å². The van der Waals surface area contributed by atoms with Crippen molar-refractivity contribution in [1.29, 1.82) is 0 Å². The number of nitrogens with one attached hydrogen (secondary N) is 1. The largest absolute Gasteiger partial charge is 0.507 e. The second-order valence-corrected chi connectivity index (χ2v) is 5.35. The third-order valence-corrected chi connectivity index (χ3v) is 3.68. The smallest absolute Gasteiger partial charge is 0.404 e. The van der Waals surface area contributed by atoms with Crippen molar-refractivity contribution >= 4 is 11.9 Å². The number of para-hydroxylation sites is 1. The van der Waals surface area contributed by atoms with Crippen LogP contribution in [-0.4, -0.2) is 38.6 Å². The number of aromatic nitrogens is 2. The molecule has 1 amide bonds. The zero-order valence-electron chi connectivity index (χ0n) is 12.1. The number of amides is 1. The summed E-state index contributed by atoms with van der Waals surface area (Å²) in [5.74, 6) is 0.614. The van der Waals surface area contributed by atoms with Gasteiger partial charge in [-0.05, 0) is 12.1 Å². The predicted molar refractivity (Wildman–Crippen MR) is 82.1 cm³/mol. The van der Waals surface area contributed by atoms with Crippen molar-refractivity contribution in [2.45, 2.75) is 25.0 Å². The Morgan fingerprint density at radius 2 is 2.04 bits per heavy atom. The molecular weight excluding hydrogens is 300 g/mol. The van der Waals surface area contributed by atoms with Gasteiger partial charge in [0.1, 0.15) is 17.5 Å². The first-order chi connectivity index (χ1) is 11.0. The van der Waals surface area contributed by atoms with Crippen molar-refractivity contribution in [3.05, 3.63) is 30.3 Å². The van der Waals surface area contributed by atoms with Gasteiger partial charge >= 0.3 is 6.09 Å². The molecule has 5 N–H and O–H groups in total. The van der Waals surface area contributed by atoms with E-state index in [0.717, 1.165) is 0 Å². The van der Waals surface area contributed by atoms with Crippen LogP contribution in [0.15, 0.2) is 30.3 Å². The van der Waals surface area contributed by atoms with Crippen molar-refractivity contribution in [3.8, 4) is 22.8 Å². The number of nitrogens with two attached hydrogens (primary N) is 1. The number of benzene rings is 1. The first kappa shape index (κ1) is 14.9. The molecule has 1 heterocycles. The van der Waals surface area contributed by atoms with Crippen LogP contribution in [0.1, 0.15) is 12.8 Å². The van der Waals surface area contributed by atoms with Crippen molar-refractivity contribution < 1.29 is 19.7 Å². The SMILES string of the molecule is Nc1nnc(-c2ccccc2O)cc1OC1CC(NC(=O)O)C1. The van der Waals surface area contributed by atoms with Gasteiger partial charge in [0.15, 0.2) is 11.6 Å². The van der Waals surface area contributed by atoms with E-state index in [-0.39, 0.29) is 23.7 Å². The molecule has 0 radical (unpaired) electrons. The Kier molecular flexibility index (Phi) is 3.88. The highest BCUT2D eigenvalue weighted by atomic mass is 16.5. The molecule has 23 heavy (non-hydrogen) atoms. The fraction of sp³-hybridized carbons (Fsp3) is 0.267. The minimum atomic E-state index is -1.04. The van der Waals surface area contributed by atoms with Crippen LogP contribution in [-0.2, 0) is 0 Å². The number of rotatable bonds is 4. The standard InChI is InChI=1S/C15H16N4O4/c16-14-13(23-9-5-8(6-9)17-15(21)22)7-11(18-19-14)10-3-1-2-4-12(10)20/h1-4,7-9,17,20H,5-6H2,(H2,16,19)(H,21,22). The van der Waals surface area contributed by atoms with Gasteiger partial charge in [-0.25, -0.2) is 4.79 Å². The number of phenolic OH excluding ortho intramolecular Hbond substituents is 1. The van der Waals surface area contributed by atoms with Crippen LogP contribution in [0.4, 0.5) is 10.6 Å². The van der Waals surface area contributed by atoms with Crippen LogP contribution in [0.25, 0.3) is 11.3 Å². The summed E-state index contributed by atoms with van der Waals surface area (Å²) in [4.78, 5) is 10.5. The summed E-state index contributed by atoms with van der Waals surface area (Å²) in [5, 5.41) is 28.7. The molecular formula is C15H16N4O4. The van der Waals surface area contributed by atoms with E-state index >= 15 is 0 Å². The molecule has 3 rings (SSSR count). The lowest BCUT2D eigenvalue weighted by molar-refractivity contribution is 0.0837. The molecule has 1 aliphatic rings. The van der Waals surface area contributed by atoms with Gasteiger partial charge in [0.2, 0.25) is 0 Å². The molecule has 0 unspecified atom stereocenters. The zero-order valence-corrected chi connectivity index (χ0v) is 12.1. The fourth-order valence-electron chi connectivity index (χ4n) is 2.43. The Morgan fingerprint density at radius 1 is 1.30 bits per heavy atom. The van der Waals surface area contributed by atoms with Crippen LogP contribution < -0.4 is 15.8 Å². The van der Waals surface area contributed by atoms with Gasteiger partial charge in [-0.1, -0.05) is 12.1 Å². The Balaban J connectivity index is 1.72. The molecule has 8 nitrogen and oxygen atoms in total. The molecule has 1 aromatic carbocycles. The second kappa shape index (κ2) is 5.99. The summed E-state index contributed by atoms with van der Waals surface area (Å²) >= 11 is 0. The predicted octanol–water partition coefficient (Wildman–Crippen LogP) is 1.61. The lowest BCUT2D eigenvalue weighted by atomic mass is 9.89. The Labute approximate surface area is 131 Å². The van der Waals surface area contributed by atoms with Crippen LogP contribution in [0, 0.1) is 0 Å². The van der Waals surface area contributed by atoms with Gasteiger partial charge in [0, 0.05) is 30.5 Å². The van der Waals surface area contributed by atoms with Crippen molar-refractivity contribution in [3.63, 3.8) is 0 Å². The van der Waals surface area contributed by atoms with Gasteiger partial charge in [-0.15, -0.1) is 10.2 Å². The molecule has 1 fully saturated rings. The number of anilines is 1. The summed E-state index contributed by atoms with van der Waals surface area (Å²) in [6, 6.07) is 8.28. The molecule has 0 atom stereocenters. The molecule has 0 saturated heterocycles. The molecule has 0 spiro atoms. The highest BCUT2D eigenvalue weighted by Gasteiger charge is 2.32. The summed E-state index contributed by atoms with van der Waals surface area (Å²) in [6.07, 6.45) is -0.0316. The molecule has 0 aliphatic heterocycles. The molecule has 1 aromatic heterocycles. The van der Waals surface area contributed by atoms with Gasteiger partial charge in [0.25, 0.3) is 0 Å². The maximum atomic E-state index is 10.5. The summed E-state index contributed by atoms with van der Waals surface area (Å²) in [6.45, 7) is 0. The van der Waals surface area contributed by atoms with E-state index in [0.29, 0.717) is 29.8 Å². The molecule has 1 saturated carbocycles. The number of aromatic hydroxyl groups is 1. The van der Waals surface area contributed by atoms with E-state index in [1.807, 2.05) is 0 Å². The van der Waals surface area contributed by atoms with Crippen molar-refractivity contribution in [2.24, 2.45) is 0 Å². The van der Waals surface area contributed by atoms with E-state index in [2.05, 4.69) is 15.5 Å². The maximum Gasteiger partial charge on any atom is 0.404 e. The first-order valence-electron chi connectivity index (χ1n) is 7.10. The Morgan fingerprint density at radius 3 is 2.74 bits per heavy atom. The number of ether oxygens (including phenoxy) is 1. The topological polar surface area (TPSA) is 131 Å². The highest BCUT2D eigenvalue weighted by molar-refractivity contribution is 5.68. The van der Waals surface area contributed by atoms with Crippen LogP contribution in [0.3, 0.4) is 0 Å². The van der Waals surface area contributed by atoms with Crippen LogP contribution in [0.5, 0.6) is 11.5 Å². The van der Waals surface area contributed by atoms with Gasteiger partial charge in [0.05, 0.1) is 0 Å². The lowest BCUT2D eigenvalue weighted by Gasteiger charge is -2.35. The normalized spacial score (nSPS) is 19.7. The third kappa shape index (κ3) is 3.25. The number of phenols is 1. The van der Waals surface area contributed by atoms with E-state index in [1.54, 1.807) is 30.3 Å². The van der Waals surface area contributed by atoms with Gasteiger partial charge in [-0.3, -0.25) is 0 Å². The zero-order chi connectivity index (χ0) is 16.4. The Hall–Kier alpha value is -3.03. The monoisotopic (exact) mass is 316 g/mol. The first-order valence-corrected chi connectivity index (χ1v) is 7.10. The lowest BCUT2D eigenvalue weighted by Crippen LogP contribution is -2.48. The molecule has 0 bridgehead atoms. The summed E-state index contributed by atoms with van der Waals surface area (Å²) in [5.41, 5.74) is 6.76.